The van der Waals surface area contributed by atoms with Crippen LogP contribution in [-0.2, 0) is 4.74 Å². The van der Waals surface area contributed by atoms with Crippen molar-refractivity contribution < 1.29 is 14.6 Å². The number of rotatable bonds is 1. The minimum atomic E-state index is -0.465. The average molecular weight is 199 g/mol. The molecule has 1 aliphatic heterocycles. The van der Waals surface area contributed by atoms with Gasteiger partial charge in [0.2, 0.25) is 0 Å². The summed E-state index contributed by atoms with van der Waals surface area (Å²) in [6, 6.07) is 0. The van der Waals surface area contributed by atoms with Gasteiger partial charge in [-0.2, -0.15) is 0 Å². The summed E-state index contributed by atoms with van der Waals surface area (Å²) in [5.41, 5.74) is 0.406. The Bertz CT molecular complexity index is 253. The van der Waals surface area contributed by atoms with Crippen LogP contribution in [0.1, 0.15) is 27.2 Å². The lowest BCUT2D eigenvalue weighted by Gasteiger charge is -2.23. The molecule has 0 saturated heterocycles. The number of aliphatic hydroxyl groups excluding tert-OH is 1. The highest BCUT2D eigenvalue weighted by Gasteiger charge is 2.23. The van der Waals surface area contributed by atoms with E-state index in [0.717, 1.165) is 12.0 Å². The summed E-state index contributed by atoms with van der Waals surface area (Å²) >= 11 is 0. The van der Waals surface area contributed by atoms with Crippen molar-refractivity contribution in [3.8, 4) is 0 Å². The summed E-state index contributed by atoms with van der Waals surface area (Å²) in [6.07, 6.45) is 2.05. The average Bonchev–Trinajstić information content (AvgIpc) is 2.48. The standard InChI is InChI=1S/C10H17NO3/c1-10(2,3)14-9(13)11-5-4-8(6-11)7-12/h6,12H,4-5,7H2,1-3H3. The fourth-order valence-corrected chi connectivity index (χ4v) is 1.20. The van der Waals surface area contributed by atoms with E-state index >= 15 is 0 Å². The van der Waals surface area contributed by atoms with Crippen LogP contribution < -0.4 is 0 Å². The predicted molar refractivity (Wildman–Crippen MR) is 52.7 cm³/mol. The van der Waals surface area contributed by atoms with Crippen molar-refractivity contribution in [2.75, 3.05) is 13.2 Å². The van der Waals surface area contributed by atoms with Gasteiger partial charge in [-0.25, -0.2) is 4.79 Å². The van der Waals surface area contributed by atoms with Gasteiger partial charge in [-0.05, 0) is 32.8 Å². The quantitative estimate of drug-likeness (QED) is 0.696. The Morgan fingerprint density at radius 2 is 2.29 bits per heavy atom. The van der Waals surface area contributed by atoms with E-state index in [1.165, 1.54) is 4.90 Å². The van der Waals surface area contributed by atoms with Crippen LogP contribution in [-0.4, -0.2) is 34.9 Å². The van der Waals surface area contributed by atoms with Crippen molar-refractivity contribution in [3.63, 3.8) is 0 Å². The van der Waals surface area contributed by atoms with Crippen LogP contribution in [0.3, 0.4) is 0 Å². The summed E-state index contributed by atoms with van der Waals surface area (Å²) in [7, 11) is 0. The molecule has 0 spiro atoms. The van der Waals surface area contributed by atoms with Gasteiger partial charge >= 0.3 is 6.09 Å². The van der Waals surface area contributed by atoms with E-state index < -0.39 is 5.60 Å². The summed E-state index contributed by atoms with van der Waals surface area (Å²) in [5.74, 6) is 0. The molecule has 0 saturated carbocycles. The third-order valence-corrected chi connectivity index (χ3v) is 1.84. The van der Waals surface area contributed by atoms with Crippen molar-refractivity contribution >= 4 is 6.09 Å². The second-order valence-corrected chi connectivity index (χ2v) is 4.37. The number of amides is 1. The van der Waals surface area contributed by atoms with Gasteiger partial charge in [-0.3, -0.25) is 4.90 Å². The number of aliphatic hydroxyl groups is 1. The number of hydrogen-bond acceptors (Lipinski definition) is 3. The highest BCUT2D eigenvalue weighted by atomic mass is 16.6. The van der Waals surface area contributed by atoms with Crippen LogP contribution in [0, 0.1) is 0 Å². The Kier molecular flexibility index (Phi) is 3.16. The zero-order chi connectivity index (χ0) is 10.8. The molecule has 0 bridgehead atoms. The summed E-state index contributed by atoms with van der Waals surface area (Å²) in [4.78, 5) is 13.0. The first-order valence-corrected chi connectivity index (χ1v) is 4.72. The molecular weight excluding hydrogens is 182 g/mol. The molecule has 1 rings (SSSR count). The first kappa shape index (κ1) is 11.0. The topological polar surface area (TPSA) is 49.8 Å². The van der Waals surface area contributed by atoms with Gasteiger partial charge in [0, 0.05) is 12.7 Å². The Morgan fingerprint density at radius 1 is 1.64 bits per heavy atom. The van der Waals surface area contributed by atoms with Gasteiger partial charge in [0.05, 0.1) is 6.61 Å². The number of carbonyl (C=O) groups is 1. The van der Waals surface area contributed by atoms with Crippen LogP contribution in [0.25, 0.3) is 0 Å². The van der Waals surface area contributed by atoms with E-state index in [0.29, 0.717) is 6.54 Å². The second-order valence-electron chi connectivity index (χ2n) is 4.37. The number of hydrogen-bond donors (Lipinski definition) is 1. The van der Waals surface area contributed by atoms with Crippen LogP contribution in [0.4, 0.5) is 4.79 Å². The maximum absolute atomic E-state index is 11.5. The maximum atomic E-state index is 11.5. The normalized spacial score (nSPS) is 16.9. The molecule has 14 heavy (non-hydrogen) atoms. The molecule has 4 heteroatoms. The first-order chi connectivity index (χ1) is 6.42. The molecule has 0 aromatic rings. The lowest BCUT2D eigenvalue weighted by molar-refractivity contribution is 0.0349. The Hall–Kier alpha value is -1.03. The summed E-state index contributed by atoms with van der Waals surface area (Å²) < 4.78 is 5.18. The lowest BCUT2D eigenvalue weighted by atomic mass is 10.2. The third kappa shape index (κ3) is 3.03. The molecule has 1 amide bonds. The smallest absolute Gasteiger partial charge is 0.414 e. The van der Waals surface area contributed by atoms with E-state index in [-0.39, 0.29) is 12.7 Å². The molecule has 80 valence electrons. The van der Waals surface area contributed by atoms with E-state index in [1.54, 1.807) is 6.20 Å². The van der Waals surface area contributed by atoms with Crippen molar-refractivity contribution in [1.82, 2.24) is 4.90 Å². The predicted octanol–water partition coefficient (Wildman–Crippen LogP) is 1.50. The molecule has 0 fully saturated rings. The second kappa shape index (κ2) is 4.00. The van der Waals surface area contributed by atoms with E-state index in [9.17, 15) is 4.79 Å². The number of ether oxygens (including phenoxy) is 1. The largest absolute Gasteiger partial charge is 0.443 e. The minimum Gasteiger partial charge on any atom is -0.443 e. The minimum absolute atomic E-state index is 0.0132. The van der Waals surface area contributed by atoms with Gasteiger partial charge in [-0.1, -0.05) is 0 Å². The van der Waals surface area contributed by atoms with Crippen molar-refractivity contribution in [2.45, 2.75) is 32.8 Å². The highest BCUT2D eigenvalue weighted by Crippen LogP contribution is 2.17. The molecule has 1 aliphatic rings. The van der Waals surface area contributed by atoms with E-state index in [1.807, 2.05) is 20.8 Å². The summed E-state index contributed by atoms with van der Waals surface area (Å²) in [5, 5.41) is 8.85. The molecule has 0 aromatic carbocycles. The fourth-order valence-electron chi connectivity index (χ4n) is 1.20. The number of carbonyl (C=O) groups excluding carboxylic acids is 1. The molecule has 0 atom stereocenters. The van der Waals surface area contributed by atoms with Gasteiger partial charge in [0.15, 0.2) is 0 Å². The van der Waals surface area contributed by atoms with Crippen LogP contribution in [0.2, 0.25) is 0 Å². The van der Waals surface area contributed by atoms with E-state index in [2.05, 4.69) is 0 Å². The Balaban J connectivity index is 2.52. The molecule has 4 nitrogen and oxygen atoms in total. The van der Waals surface area contributed by atoms with Crippen molar-refractivity contribution in [2.24, 2.45) is 0 Å². The SMILES string of the molecule is CC(C)(C)OC(=O)N1C=C(CO)CC1. The molecule has 1 heterocycles. The third-order valence-electron chi connectivity index (χ3n) is 1.84. The summed E-state index contributed by atoms with van der Waals surface area (Å²) in [6.45, 7) is 6.11. The molecule has 0 aromatic heterocycles. The van der Waals surface area contributed by atoms with E-state index in [4.69, 9.17) is 9.84 Å². The van der Waals surface area contributed by atoms with Gasteiger partial charge in [-0.15, -0.1) is 0 Å². The van der Waals surface area contributed by atoms with Crippen molar-refractivity contribution in [1.29, 1.82) is 0 Å². The Labute approximate surface area is 84.2 Å². The molecule has 0 radical (unpaired) electrons. The lowest BCUT2D eigenvalue weighted by Crippen LogP contribution is -2.32. The first-order valence-electron chi connectivity index (χ1n) is 4.72. The molecule has 0 aliphatic carbocycles. The monoisotopic (exact) mass is 199 g/mol. The van der Waals surface area contributed by atoms with Gasteiger partial charge in [0.25, 0.3) is 0 Å². The zero-order valence-electron chi connectivity index (χ0n) is 8.91. The highest BCUT2D eigenvalue weighted by molar-refractivity contribution is 5.70. The Morgan fingerprint density at radius 3 is 2.71 bits per heavy atom. The van der Waals surface area contributed by atoms with Gasteiger partial charge in [0.1, 0.15) is 5.60 Å². The zero-order valence-corrected chi connectivity index (χ0v) is 8.91. The maximum Gasteiger partial charge on any atom is 0.414 e. The molecule has 1 N–H and O–H groups in total. The molecular formula is C10H17NO3. The van der Waals surface area contributed by atoms with Crippen molar-refractivity contribution in [3.05, 3.63) is 11.8 Å². The van der Waals surface area contributed by atoms with Crippen LogP contribution in [0.5, 0.6) is 0 Å². The fraction of sp³-hybridized carbons (Fsp3) is 0.700. The van der Waals surface area contributed by atoms with Crippen LogP contribution >= 0.6 is 0 Å². The molecule has 0 unspecified atom stereocenters. The van der Waals surface area contributed by atoms with Crippen LogP contribution in [0.15, 0.2) is 11.8 Å². The van der Waals surface area contributed by atoms with Gasteiger partial charge < -0.3 is 9.84 Å². The number of nitrogens with zero attached hydrogens (tertiary/aromatic N) is 1.